The lowest BCUT2D eigenvalue weighted by atomic mass is 10.0. The zero-order valence-electron chi connectivity index (χ0n) is 11.1. The molecule has 100 valence electrons. The summed E-state index contributed by atoms with van der Waals surface area (Å²) >= 11 is 0. The smallest absolute Gasteiger partial charge is 0.136 e. The van der Waals surface area contributed by atoms with Gasteiger partial charge in [0.2, 0.25) is 0 Å². The highest BCUT2D eigenvalue weighted by Crippen LogP contribution is 2.30. The van der Waals surface area contributed by atoms with Gasteiger partial charge < -0.3 is 14.7 Å². The third-order valence-electron chi connectivity index (χ3n) is 2.95. The molecule has 0 radical (unpaired) electrons. The molecule has 19 heavy (non-hydrogen) atoms. The Hall–Kier alpha value is -2.07. The first-order chi connectivity index (χ1) is 9.27. The standard InChI is InChI=1S/C15H17NO3/c1-11(16-17)13-8-7-12-5-3-4-6-14(12)15(13)19-10-9-18-2/h3-8,17H,9-10H2,1-2H3/b16-11+. The van der Waals surface area contributed by atoms with Gasteiger partial charge in [-0.25, -0.2) is 0 Å². The van der Waals surface area contributed by atoms with E-state index in [1.165, 1.54) is 0 Å². The third kappa shape index (κ3) is 2.85. The van der Waals surface area contributed by atoms with Crippen molar-refractivity contribution in [2.75, 3.05) is 20.3 Å². The van der Waals surface area contributed by atoms with Gasteiger partial charge in [0.15, 0.2) is 0 Å². The molecule has 0 aliphatic carbocycles. The van der Waals surface area contributed by atoms with E-state index in [0.29, 0.717) is 18.9 Å². The lowest BCUT2D eigenvalue weighted by Crippen LogP contribution is -2.08. The summed E-state index contributed by atoms with van der Waals surface area (Å²) in [5.41, 5.74) is 1.32. The van der Waals surface area contributed by atoms with Gasteiger partial charge in [0.25, 0.3) is 0 Å². The summed E-state index contributed by atoms with van der Waals surface area (Å²) in [6.07, 6.45) is 0. The Labute approximate surface area is 112 Å². The highest BCUT2D eigenvalue weighted by atomic mass is 16.5. The van der Waals surface area contributed by atoms with Crippen molar-refractivity contribution >= 4 is 16.5 Å². The number of methoxy groups -OCH3 is 1. The number of fused-ring (bicyclic) bond motifs is 1. The molecule has 0 bridgehead atoms. The Kier molecular flexibility index (Phi) is 4.36. The van der Waals surface area contributed by atoms with E-state index < -0.39 is 0 Å². The van der Waals surface area contributed by atoms with Crippen LogP contribution in [0.1, 0.15) is 12.5 Å². The predicted octanol–water partition coefficient (Wildman–Crippen LogP) is 3.06. The zero-order valence-corrected chi connectivity index (χ0v) is 11.1. The van der Waals surface area contributed by atoms with Crippen molar-refractivity contribution in [2.24, 2.45) is 5.16 Å². The second kappa shape index (κ2) is 6.20. The van der Waals surface area contributed by atoms with Crippen molar-refractivity contribution in [1.29, 1.82) is 0 Å². The van der Waals surface area contributed by atoms with Gasteiger partial charge in [-0.2, -0.15) is 0 Å². The first kappa shape index (κ1) is 13.4. The lowest BCUT2D eigenvalue weighted by molar-refractivity contribution is 0.147. The Bertz CT molecular complexity index is 593. The van der Waals surface area contributed by atoms with Crippen LogP contribution < -0.4 is 4.74 Å². The average Bonchev–Trinajstić information content (AvgIpc) is 2.46. The van der Waals surface area contributed by atoms with E-state index in [1.54, 1.807) is 14.0 Å². The molecule has 0 saturated carbocycles. The van der Waals surface area contributed by atoms with Gasteiger partial charge in [-0.05, 0) is 18.4 Å². The van der Waals surface area contributed by atoms with Crippen LogP contribution in [0.15, 0.2) is 41.6 Å². The lowest BCUT2D eigenvalue weighted by Gasteiger charge is -2.13. The molecule has 1 N–H and O–H groups in total. The number of nitrogens with zero attached hydrogens (tertiary/aromatic N) is 1. The van der Waals surface area contributed by atoms with Crippen molar-refractivity contribution in [3.63, 3.8) is 0 Å². The zero-order chi connectivity index (χ0) is 13.7. The van der Waals surface area contributed by atoms with Crippen LogP contribution in [0, 0.1) is 0 Å². The van der Waals surface area contributed by atoms with E-state index in [9.17, 15) is 0 Å². The largest absolute Gasteiger partial charge is 0.490 e. The van der Waals surface area contributed by atoms with Crippen LogP contribution in [-0.4, -0.2) is 31.2 Å². The number of hydrogen-bond acceptors (Lipinski definition) is 4. The van der Waals surface area contributed by atoms with Crippen LogP contribution in [0.3, 0.4) is 0 Å². The molecule has 0 aromatic heterocycles. The van der Waals surface area contributed by atoms with E-state index in [2.05, 4.69) is 5.16 Å². The van der Waals surface area contributed by atoms with Crippen molar-refractivity contribution in [3.05, 3.63) is 42.0 Å². The summed E-state index contributed by atoms with van der Waals surface area (Å²) < 4.78 is 10.8. The van der Waals surface area contributed by atoms with Crippen LogP contribution in [0.2, 0.25) is 0 Å². The van der Waals surface area contributed by atoms with Gasteiger partial charge in [-0.15, -0.1) is 0 Å². The molecule has 0 aliphatic rings. The van der Waals surface area contributed by atoms with E-state index in [-0.39, 0.29) is 0 Å². The van der Waals surface area contributed by atoms with Crippen LogP contribution in [0.25, 0.3) is 10.8 Å². The van der Waals surface area contributed by atoms with Crippen LogP contribution in [-0.2, 0) is 4.74 Å². The fourth-order valence-electron chi connectivity index (χ4n) is 1.96. The number of rotatable bonds is 5. The average molecular weight is 259 g/mol. The number of oxime groups is 1. The topological polar surface area (TPSA) is 51.0 Å². The molecule has 4 nitrogen and oxygen atoms in total. The molecule has 2 rings (SSSR count). The van der Waals surface area contributed by atoms with Crippen LogP contribution in [0.5, 0.6) is 5.75 Å². The Balaban J connectivity index is 2.51. The molecule has 2 aromatic rings. The van der Waals surface area contributed by atoms with Gasteiger partial charge in [-0.1, -0.05) is 35.5 Å². The normalized spacial score (nSPS) is 11.8. The molecule has 0 fully saturated rings. The quantitative estimate of drug-likeness (QED) is 0.388. The summed E-state index contributed by atoms with van der Waals surface area (Å²) in [5.74, 6) is 0.727. The minimum atomic E-state index is 0.455. The molecule has 4 heteroatoms. The molecular formula is C15H17NO3. The summed E-state index contributed by atoms with van der Waals surface area (Å²) in [6.45, 7) is 2.71. The highest BCUT2D eigenvalue weighted by Gasteiger charge is 2.11. The summed E-state index contributed by atoms with van der Waals surface area (Å²) in [7, 11) is 1.63. The molecule has 0 aliphatic heterocycles. The summed E-state index contributed by atoms with van der Waals surface area (Å²) in [6, 6.07) is 11.8. The fraction of sp³-hybridized carbons (Fsp3) is 0.267. The minimum absolute atomic E-state index is 0.455. The van der Waals surface area contributed by atoms with E-state index in [0.717, 1.165) is 22.1 Å². The molecule has 0 saturated heterocycles. The Morgan fingerprint density at radius 2 is 1.95 bits per heavy atom. The maximum atomic E-state index is 8.96. The molecule has 0 spiro atoms. The monoisotopic (exact) mass is 259 g/mol. The minimum Gasteiger partial charge on any atom is -0.490 e. The number of benzene rings is 2. The van der Waals surface area contributed by atoms with E-state index in [1.807, 2.05) is 36.4 Å². The van der Waals surface area contributed by atoms with Crippen molar-refractivity contribution in [1.82, 2.24) is 0 Å². The van der Waals surface area contributed by atoms with Gasteiger partial charge in [0, 0.05) is 18.1 Å². The molecule has 0 unspecified atom stereocenters. The molecular weight excluding hydrogens is 242 g/mol. The number of ether oxygens (including phenoxy) is 2. The van der Waals surface area contributed by atoms with E-state index in [4.69, 9.17) is 14.7 Å². The van der Waals surface area contributed by atoms with Crippen molar-refractivity contribution in [3.8, 4) is 5.75 Å². The van der Waals surface area contributed by atoms with E-state index >= 15 is 0 Å². The first-order valence-corrected chi connectivity index (χ1v) is 6.10. The fourth-order valence-corrected chi connectivity index (χ4v) is 1.96. The van der Waals surface area contributed by atoms with Gasteiger partial charge in [0.1, 0.15) is 12.4 Å². The molecule has 2 aromatic carbocycles. The summed E-state index contributed by atoms with van der Waals surface area (Å²) in [4.78, 5) is 0. The second-order valence-corrected chi connectivity index (χ2v) is 4.19. The molecule has 0 heterocycles. The Morgan fingerprint density at radius 3 is 2.68 bits per heavy atom. The second-order valence-electron chi connectivity index (χ2n) is 4.19. The van der Waals surface area contributed by atoms with Crippen LogP contribution >= 0.6 is 0 Å². The molecule has 0 atom stereocenters. The van der Waals surface area contributed by atoms with Gasteiger partial charge in [0.05, 0.1) is 12.3 Å². The SMILES string of the molecule is COCCOc1c(/C(C)=N/O)ccc2ccccc12. The van der Waals surface area contributed by atoms with Crippen LogP contribution in [0.4, 0.5) is 0 Å². The maximum absolute atomic E-state index is 8.96. The maximum Gasteiger partial charge on any atom is 0.136 e. The van der Waals surface area contributed by atoms with Crippen molar-refractivity contribution in [2.45, 2.75) is 6.92 Å². The number of hydrogen-bond donors (Lipinski definition) is 1. The molecule has 0 amide bonds. The third-order valence-corrected chi connectivity index (χ3v) is 2.95. The summed E-state index contributed by atoms with van der Waals surface area (Å²) in [5, 5.41) is 14.3. The predicted molar refractivity (Wildman–Crippen MR) is 75.3 cm³/mol. The first-order valence-electron chi connectivity index (χ1n) is 6.10. The highest BCUT2D eigenvalue weighted by molar-refractivity contribution is 6.06. The van der Waals surface area contributed by atoms with Gasteiger partial charge in [-0.3, -0.25) is 0 Å². The van der Waals surface area contributed by atoms with Gasteiger partial charge >= 0.3 is 0 Å². The Morgan fingerprint density at radius 1 is 1.16 bits per heavy atom. The van der Waals surface area contributed by atoms with Crippen molar-refractivity contribution < 1.29 is 14.7 Å².